The van der Waals surface area contributed by atoms with E-state index >= 15 is 0 Å². The van der Waals surface area contributed by atoms with Crippen LogP contribution in [-0.4, -0.2) is 14.3 Å². The molecular formula is C18H25BNO. The van der Waals surface area contributed by atoms with Crippen LogP contribution in [0.15, 0.2) is 60.7 Å². The number of benzene rings is 2. The van der Waals surface area contributed by atoms with Crippen LogP contribution in [0.1, 0.15) is 33.3 Å². The number of nitrogens with one attached hydrogen (secondary N) is 1. The minimum absolute atomic E-state index is 0. The quantitative estimate of drug-likeness (QED) is 0.823. The van der Waals surface area contributed by atoms with Gasteiger partial charge in [0.05, 0.1) is 6.42 Å². The van der Waals surface area contributed by atoms with Gasteiger partial charge in [-0.15, -0.1) is 0 Å². The largest absolute Gasteiger partial charge is 0.326 e. The lowest BCUT2D eigenvalue weighted by Gasteiger charge is -2.04. The highest BCUT2D eigenvalue weighted by Crippen LogP contribution is 2.06. The summed E-state index contributed by atoms with van der Waals surface area (Å²) < 4.78 is 0. The van der Waals surface area contributed by atoms with E-state index < -0.39 is 0 Å². The van der Waals surface area contributed by atoms with Crippen LogP contribution < -0.4 is 5.32 Å². The zero-order chi connectivity index (χ0) is 13.9. The molecule has 3 heteroatoms. The number of hydrogen-bond acceptors (Lipinski definition) is 1. The minimum Gasteiger partial charge on any atom is -0.326 e. The Morgan fingerprint density at radius 3 is 1.81 bits per heavy atom. The average Bonchev–Trinajstić information content (AvgIpc) is 2.41. The lowest BCUT2D eigenvalue weighted by atomic mass is 10.1. The molecule has 0 aliphatic rings. The van der Waals surface area contributed by atoms with E-state index in [9.17, 15) is 4.79 Å². The SMILES string of the molecule is C.CCC.O=C(Cc1ccccc1)Nc1ccccc1.[B]. The number of anilines is 1. The molecule has 0 bridgehead atoms. The molecule has 0 spiro atoms. The molecule has 1 N–H and O–H groups in total. The van der Waals surface area contributed by atoms with Crippen molar-refractivity contribution in [2.24, 2.45) is 0 Å². The van der Waals surface area contributed by atoms with E-state index in [0.717, 1.165) is 11.3 Å². The maximum atomic E-state index is 11.7. The monoisotopic (exact) mass is 282 g/mol. The van der Waals surface area contributed by atoms with Crippen molar-refractivity contribution in [3.8, 4) is 0 Å². The van der Waals surface area contributed by atoms with Gasteiger partial charge in [0.15, 0.2) is 0 Å². The predicted octanol–water partition coefficient (Wildman–Crippen LogP) is 4.54. The zero-order valence-electron chi connectivity index (χ0n) is 12.2. The first-order chi connectivity index (χ1) is 9.26. The second-order valence-electron chi connectivity index (χ2n) is 4.28. The number of carbonyl (C=O) groups is 1. The van der Waals surface area contributed by atoms with Gasteiger partial charge in [0.1, 0.15) is 0 Å². The van der Waals surface area contributed by atoms with Crippen LogP contribution in [0.25, 0.3) is 0 Å². The van der Waals surface area contributed by atoms with Crippen LogP contribution in [0.2, 0.25) is 0 Å². The van der Waals surface area contributed by atoms with Gasteiger partial charge in [-0.3, -0.25) is 4.79 Å². The van der Waals surface area contributed by atoms with Gasteiger partial charge in [0, 0.05) is 14.1 Å². The third kappa shape index (κ3) is 9.50. The van der Waals surface area contributed by atoms with Gasteiger partial charge >= 0.3 is 0 Å². The van der Waals surface area contributed by atoms with E-state index in [1.54, 1.807) is 0 Å². The number of carbonyl (C=O) groups excluding carboxylic acids is 1. The predicted molar refractivity (Wildman–Crippen MR) is 93.7 cm³/mol. The molecule has 0 aliphatic heterocycles. The molecule has 0 heterocycles. The lowest BCUT2D eigenvalue weighted by Crippen LogP contribution is -2.14. The molecule has 0 aromatic heterocycles. The smallest absolute Gasteiger partial charge is 0.228 e. The third-order valence-electron chi connectivity index (χ3n) is 2.27. The summed E-state index contributed by atoms with van der Waals surface area (Å²) in [7, 11) is 0. The summed E-state index contributed by atoms with van der Waals surface area (Å²) in [5.74, 6) is 0.0115. The number of amides is 1. The van der Waals surface area contributed by atoms with E-state index in [4.69, 9.17) is 0 Å². The number of para-hydroxylation sites is 1. The van der Waals surface area contributed by atoms with Crippen LogP contribution in [0.3, 0.4) is 0 Å². The molecule has 2 aromatic carbocycles. The Morgan fingerprint density at radius 2 is 1.33 bits per heavy atom. The first-order valence-corrected chi connectivity index (χ1v) is 6.65. The molecule has 0 aliphatic carbocycles. The molecular weight excluding hydrogens is 257 g/mol. The molecule has 0 atom stereocenters. The fourth-order valence-electron chi connectivity index (χ4n) is 1.51. The highest BCUT2D eigenvalue weighted by molar-refractivity contribution is 5.92. The normalized spacial score (nSPS) is 8.29. The van der Waals surface area contributed by atoms with E-state index in [0.29, 0.717) is 6.42 Å². The summed E-state index contributed by atoms with van der Waals surface area (Å²) in [6.07, 6.45) is 1.66. The molecule has 0 saturated carbocycles. The van der Waals surface area contributed by atoms with Gasteiger partial charge in [0.2, 0.25) is 5.91 Å². The van der Waals surface area contributed by atoms with E-state index in [-0.39, 0.29) is 21.7 Å². The number of hydrogen-bond donors (Lipinski definition) is 1. The Kier molecular flexibility index (Phi) is 13.2. The molecule has 0 saturated heterocycles. The van der Waals surface area contributed by atoms with E-state index in [2.05, 4.69) is 19.2 Å². The molecule has 111 valence electrons. The fraction of sp³-hybridized carbons (Fsp3) is 0.278. The minimum atomic E-state index is 0. The van der Waals surface area contributed by atoms with Gasteiger partial charge in [-0.2, -0.15) is 0 Å². The van der Waals surface area contributed by atoms with E-state index in [1.165, 1.54) is 6.42 Å². The molecule has 2 nitrogen and oxygen atoms in total. The van der Waals surface area contributed by atoms with Crippen LogP contribution in [0.4, 0.5) is 5.69 Å². The Morgan fingerprint density at radius 1 is 0.905 bits per heavy atom. The highest BCUT2D eigenvalue weighted by atomic mass is 16.1. The Balaban J connectivity index is 0. The van der Waals surface area contributed by atoms with Crippen LogP contribution >= 0.6 is 0 Å². The Labute approximate surface area is 131 Å². The van der Waals surface area contributed by atoms with Crippen molar-refractivity contribution in [2.45, 2.75) is 34.1 Å². The Bertz CT molecular complexity index is 428. The standard InChI is InChI=1S/C14H13NO.C3H8.CH4.B/c16-14(11-12-7-3-1-4-8-12)15-13-9-5-2-6-10-13;1-3-2;;/h1-10H,11H2,(H,15,16);3H2,1-2H3;1H4;. The molecule has 2 rings (SSSR count). The molecule has 0 unspecified atom stereocenters. The molecule has 2 aromatic rings. The van der Waals surface area contributed by atoms with Crippen molar-refractivity contribution in [2.75, 3.05) is 5.32 Å². The fourth-order valence-corrected chi connectivity index (χ4v) is 1.51. The summed E-state index contributed by atoms with van der Waals surface area (Å²) in [5, 5.41) is 2.85. The van der Waals surface area contributed by atoms with Gasteiger partial charge in [-0.05, 0) is 17.7 Å². The summed E-state index contributed by atoms with van der Waals surface area (Å²) in [5.41, 5.74) is 1.86. The van der Waals surface area contributed by atoms with Crippen LogP contribution in [-0.2, 0) is 11.2 Å². The maximum Gasteiger partial charge on any atom is 0.228 e. The van der Waals surface area contributed by atoms with E-state index in [1.807, 2.05) is 60.7 Å². The maximum absolute atomic E-state index is 11.7. The Hall–Kier alpha value is -2.03. The van der Waals surface area contributed by atoms with Gasteiger partial charge in [-0.1, -0.05) is 76.2 Å². The molecule has 3 radical (unpaired) electrons. The first kappa shape index (κ1) is 21.3. The second kappa shape index (κ2) is 13.0. The summed E-state index contributed by atoms with van der Waals surface area (Å²) >= 11 is 0. The average molecular weight is 282 g/mol. The number of rotatable bonds is 3. The second-order valence-corrected chi connectivity index (χ2v) is 4.28. The highest BCUT2D eigenvalue weighted by Gasteiger charge is 2.02. The summed E-state index contributed by atoms with van der Waals surface area (Å²) in [4.78, 5) is 11.7. The van der Waals surface area contributed by atoms with Gasteiger partial charge in [-0.25, -0.2) is 0 Å². The van der Waals surface area contributed by atoms with Crippen molar-refractivity contribution < 1.29 is 4.79 Å². The molecule has 1 amide bonds. The topological polar surface area (TPSA) is 29.1 Å². The third-order valence-corrected chi connectivity index (χ3v) is 2.27. The van der Waals surface area contributed by atoms with Crippen molar-refractivity contribution >= 4 is 20.0 Å². The first-order valence-electron chi connectivity index (χ1n) is 6.65. The summed E-state index contributed by atoms with van der Waals surface area (Å²) in [6.45, 7) is 4.25. The van der Waals surface area contributed by atoms with Crippen molar-refractivity contribution in [1.82, 2.24) is 0 Å². The summed E-state index contributed by atoms with van der Waals surface area (Å²) in [6, 6.07) is 19.2. The van der Waals surface area contributed by atoms with Crippen molar-refractivity contribution in [3.05, 3.63) is 66.2 Å². The molecule has 0 fully saturated rings. The van der Waals surface area contributed by atoms with Crippen molar-refractivity contribution in [1.29, 1.82) is 0 Å². The zero-order valence-corrected chi connectivity index (χ0v) is 12.2. The van der Waals surface area contributed by atoms with Gasteiger partial charge in [0.25, 0.3) is 0 Å². The lowest BCUT2D eigenvalue weighted by molar-refractivity contribution is -0.115. The van der Waals surface area contributed by atoms with Gasteiger partial charge < -0.3 is 5.32 Å². The molecule has 21 heavy (non-hydrogen) atoms. The van der Waals surface area contributed by atoms with Crippen LogP contribution in [0, 0.1) is 0 Å². The van der Waals surface area contributed by atoms with Crippen LogP contribution in [0.5, 0.6) is 0 Å². The van der Waals surface area contributed by atoms with Crippen molar-refractivity contribution in [3.63, 3.8) is 0 Å².